The highest BCUT2D eigenvalue weighted by atomic mass is 32.2. The van der Waals surface area contributed by atoms with Gasteiger partial charge in [0.25, 0.3) is 11.8 Å². The predicted molar refractivity (Wildman–Crippen MR) is 75.3 cm³/mol. The van der Waals surface area contributed by atoms with E-state index >= 15 is 0 Å². The lowest BCUT2D eigenvalue weighted by Gasteiger charge is -2.27. The molecule has 1 saturated heterocycles. The smallest absolute Gasteiger partial charge is 0.333 e. The summed E-state index contributed by atoms with van der Waals surface area (Å²) in [4.78, 5) is 26.6. The zero-order valence-electron chi connectivity index (χ0n) is 12.1. The average molecular weight is 374 g/mol. The minimum atomic E-state index is -5.02. The number of nitrogens with zero attached hydrogens (tertiary/aromatic N) is 5. The summed E-state index contributed by atoms with van der Waals surface area (Å²) >= 11 is 0. The highest BCUT2D eigenvalue weighted by Gasteiger charge is 2.51. The molecule has 0 unspecified atom stereocenters. The first-order valence-corrected chi connectivity index (χ1v) is 7.86. The van der Waals surface area contributed by atoms with E-state index in [0.29, 0.717) is 10.8 Å². The van der Waals surface area contributed by atoms with Crippen LogP contribution >= 0.6 is 0 Å². The van der Waals surface area contributed by atoms with Gasteiger partial charge >= 0.3 is 21.7 Å². The zero-order valence-corrected chi connectivity index (χ0v) is 13.0. The molecule has 15 heteroatoms. The number of nitriles is 1. The highest BCUT2D eigenvalue weighted by Crippen LogP contribution is 2.37. The van der Waals surface area contributed by atoms with E-state index in [1.807, 2.05) is 0 Å². The van der Waals surface area contributed by atoms with E-state index in [1.165, 1.54) is 6.26 Å². The van der Waals surface area contributed by atoms with E-state index in [9.17, 15) is 23.1 Å². The molecule has 0 spiro atoms. The van der Waals surface area contributed by atoms with E-state index in [0.717, 1.165) is 0 Å². The van der Waals surface area contributed by atoms with Crippen LogP contribution in [0.4, 0.5) is 0 Å². The number of H-pyrrole nitrogens is 1. The third kappa shape index (κ3) is 3.33. The number of aliphatic hydroxyl groups excluding tert-OH is 1. The number of hydrogen-bond acceptors (Lipinski definition) is 9. The second-order valence-electron chi connectivity index (χ2n) is 4.82. The minimum absolute atomic E-state index is 0.399. The molecule has 1 aliphatic heterocycles. The van der Waals surface area contributed by atoms with Crippen LogP contribution < -0.4 is 11.2 Å². The summed E-state index contributed by atoms with van der Waals surface area (Å²) in [5, 5.41) is 21.5. The number of aromatic amines is 1. The fourth-order valence-electron chi connectivity index (χ4n) is 2.33. The van der Waals surface area contributed by atoms with E-state index in [4.69, 9.17) is 24.8 Å². The average Bonchev–Trinajstić information content (AvgIpc) is 2.85. The van der Waals surface area contributed by atoms with Crippen molar-refractivity contribution in [2.75, 3.05) is 6.61 Å². The lowest BCUT2D eigenvalue weighted by atomic mass is 10.1. The number of azide groups is 1. The lowest BCUT2D eigenvalue weighted by molar-refractivity contribution is -0.256. The maximum absolute atomic E-state index is 12.0. The van der Waals surface area contributed by atoms with Gasteiger partial charge in [-0.3, -0.25) is 14.3 Å². The number of aliphatic hydroxyl groups is 1. The van der Waals surface area contributed by atoms with Gasteiger partial charge in [-0.2, -0.15) is 13.7 Å². The van der Waals surface area contributed by atoms with Crippen molar-refractivity contribution in [2.24, 2.45) is 5.11 Å². The topological polar surface area (TPSA) is 220 Å². The molecule has 3 N–H and O–H groups in total. The van der Waals surface area contributed by atoms with Crippen LogP contribution in [0.5, 0.6) is 0 Å². The van der Waals surface area contributed by atoms with Gasteiger partial charge in [-0.15, -0.1) is 0 Å². The molecule has 1 aromatic rings. The largest absolute Gasteiger partial charge is 0.394 e. The van der Waals surface area contributed by atoms with Crippen molar-refractivity contribution in [3.63, 3.8) is 0 Å². The van der Waals surface area contributed by atoms with Crippen LogP contribution in [0.15, 0.2) is 25.8 Å². The summed E-state index contributed by atoms with van der Waals surface area (Å²) < 4.78 is 42.0. The molecule has 2 heterocycles. The van der Waals surface area contributed by atoms with Gasteiger partial charge in [0, 0.05) is 17.5 Å². The minimum Gasteiger partial charge on any atom is -0.394 e. The van der Waals surface area contributed by atoms with Gasteiger partial charge in [-0.1, -0.05) is 5.11 Å². The van der Waals surface area contributed by atoms with E-state index in [1.54, 1.807) is 4.98 Å². The van der Waals surface area contributed by atoms with Crippen molar-refractivity contribution in [2.45, 2.75) is 29.4 Å². The van der Waals surface area contributed by atoms with Gasteiger partial charge in [0.1, 0.15) is 0 Å². The summed E-state index contributed by atoms with van der Waals surface area (Å²) in [5.74, 6) is -2.30. The predicted octanol–water partition coefficient (Wildman–Crippen LogP) is -1.65. The van der Waals surface area contributed by atoms with Crippen molar-refractivity contribution >= 4 is 10.1 Å². The molecule has 134 valence electrons. The molecular weight excluding hydrogens is 364 g/mol. The molecule has 0 saturated carbocycles. The highest BCUT2D eigenvalue weighted by molar-refractivity contribution is 7.85. The van der Waals surface area contributed by atoms with Crippen LogP contribution in [0.25, 0.3) is 10.4 Å². The third-order valence-corrected chi connectivity index (χ3v) is 4.22. The molecule has 0 aliphatic carbocycles. The fraction of sp³-hybridized carbons (Fsp3) is 0.500. The molecule has 3 atom stereocenters. The Morgan fingerprint density at radius 2 is 2.32 bits per heavy atom. The van der Waals surface area contributed by atoms with Gasteiger partial charge in [-0.25, -0.2) is 9.36 Å². The molecule has 1 fully saturated rings. The Bertz CT molecular complexity index is 986. The Hall–Kier alpha value is -2.89. The summed E-state index contributed by atoms with van der Waals surface area (Å²) in [6.07, 6.45) is 0.0200. The first-order chi connectivity index (χ1) is 11.7. The van der Waals surface area contributed by atoms with Crippen LogP contribution in [0.2, 0.25) is 0 Å². The van der Waals surface area contributed by atoms with E-state index in [-0.39, 0.29) is 0 Å². The number of hydrogen-bond donors (Lipinski definition) is 3. The molecule has 2 rings (SSSR count). The van der Waals surface area contributed by atoms with Gasteiger partial charge in [-0.05, 0) is 5.53 Å². The van der Waals surface area contributed by atoms with Gasteiger partial charge in [0.05, 0.1) is 18.8 Å². The fourth-order valence-corrected chi connectivity index (χ4v) is 2.85. The van der Waals surface area contributed by atoms with Crippen molar-refractivity contribution in [3.05, 3.63) is 37.5 Å². The monoisotopic (exact) mass is 374 g/mol. The number of ether oxygens (including phenoxy) is 2. The summed E-state index contributed by atoms with van der Waals surface area (Å²) in [6.45, 7) is -0.677. The molecule has 0 aromatic carbocycles. The Morgan fingerprint density at radius 3 is 2.84 bits per heavy atom. The summed E-state index contributed by atoms with van der Waals surface area (Å²) in [5.41, 5.74) is 5.91. The molecule has 0 radical (unpaired) electrons. The normalized spacial score (nSPS) is 25.8. The Morgan fingerprint density at radius 1 is 1.64 bits per heavy atom. The van der Waals surface area contributed by atoms with Gasteiger partial charge in [0.15, 0.2) is 4.90 Å². The molecule has 0 amide bonds. The van der Waals surface area contributed by atoms with Crippen LogP contribution in [0.3, 0.4) is 0 Å². The number of nitrogens with one attached hydrogen (secondary N) is 1. The standard InChI is InChI=1S/C10H10N6O8S/c11-4-23-10(1-5(14-15-12)6(3-17)24-10)16-2-7(25(20,21)22)8(18)13-9(16)19/h2,5-6,17H,1,3H2,(H,13,18,19)(H,20,21,22)/t5-,6+,10+/m0/s1. The third-order valence-electron chi connectivity index (χ3n) is 3.37. The zero-order chi connectivity index (χ0) is 18.8. The van der Waals surface area contributed by atoms with Gasteiger partial charge < -0.3 is 14.6 Å². The molecule has 1 aliphatic rings. The summed E-state index contributed by atoms with van der Waals surface area (Å²) in [7, 11) is -5.02. The summed E-state index contributed by atoms with van der Waals surface area (Å²) in [6, 6.07) is -1.07. The Kier molecular flexibility index (Phi) is 4.83. The first-order valence-electron chi connectivity index (χ1n) is 6.42. The van der Waals surface area contributed by atoms with Crippen molar-refractivity contribution in [1.82, 2.24) is 9.55 Å². The second-order valence-corrected chi connectivity index (χ2v) is 6.21. The Labute approximate surface area is 138 Å². The van der Waals surface area contributed by atoms with E-state index in [2.05, 4.69) is 10.0 Å². The quantitative estimate of drug-likeness (QED) is 0.176. The van der Waals surface area contributed by atoms with Crippen molar-refractivity contribution in [3.8, 4) is 6.26 Å². The van der Waals surface area contributed by atoms with E-state index < -0.39 is 57.3 Å². The number of rotatable bonds is 5. The molecule has 25 heavy (non-hydrogen) atoms. The molecule has 0 bridgehead atoms. The SMILES string of the molecule is N#CO[C@]1(n2cc(S(=O)(=O)O)c(=O)[nH]c2=O)C[C@H](N=[N+]=[N-])[C@@H](CO)O1. The lowest BCUT2D eigenvalue weighted by Crippen LogP contribution is -2.46. The maximum atomic E-state index is 12.0. The van der Waals surface area contributed by atoms with Crippen molar-refractivity contribution in [1.29, 1.82) is 5.26 Å². The number of aromatic nitrogens is 2. The second kappa shape index (κ2) is 6.55. The first kappa shape index (κ1) is 18.4. The van der Waals surface area contributed by atoms with Crippen LogP contribution in [0.1, 0.15) is 6.42 Å². The van der Waals surface area contributed by atoms with Crippen LogP contribution in [0, 0.1) is 11.5 Å². The van der Waals surface area contributed by atoms with Gasteiger partial charge in [0.2, 0.25) is 0 Å². The van der Waals surface area contributed by atoms with Crippen LogP contribution in [-0.4, -0.2) is 46.4 Å². The maximum Gasteiger partial charge on any atom is 0.333 e. The van der Waals surface area contributed by atoms with Crippen molar-refractivity contribution < 1.29 is 27.6 Å². The molecule has 14 nitrogen and oxygen atoms in total. The molecular formula is C10H10N6O8S. The molecule has 1 aromatic heterocycles. The Balaban J connectivity index is 2.71. The van der Waals surface area contributed by atoms with Crippen LogP contribution in [-0.2, 0) is 25.5 Å².